The highest BCUT2D eigenvalue weighted by atomic mass is 32.1. The lowest BCUT2D eigenvalue weighted by Gasteiger charge is -2.32. The Morgan fingerprint density at radius 2 is 2.26 bits per heavy atom. The van der Waals surface area contributed by atoms with Crippen LogP contribution < -0.4 is 10.2 Å². The number of carbonyl (C=O) groups is 1. The molecule has 0 bridgehead atoms. The highest BCUT2D eigenvalue weighted by Crippen LogP contribution is 2.45. The largest absolute Gasteiger partial charge is 0.355 e. The van der Waals surface area contributed by atoms with Gasteiger partial charge < -0.3 is 10.2 Å². The summed E-state index contributed by atoms with van der Waals surface area (Å²) in [7, 11) is 0. The molecule has 0 spiro atoms. The first-order valence-corrected chi connectivity index (χ1v) is 7.71. The van der Waals surface area contributed by atoms with Crippen LogP contribution in [0.1, 0.15) is 32.6 Å². The average molecular weight is 280 g/mol. The van der Waals surface area contributed by atoms with Crippen LogP contribution in [0.25, 0.3) is 0 Å². The lowest BCUT2D eigenvalue weighted by atomic mass is 9.96. The van der Waals surface area contributed by atoms with Crippen molar-refractivity contribution in [3.05, 3.63) is 6.20 Å². The number of nitrogens with one attached hydrogen (secondary N) is 1. The minimum absolute atomic E-state index is 0.0486. The van der Waals surface area contributed by atoms with Crippen molar-refractivity contribution in [2.75, 3.05) is 24.5 Å². The van der Waals surface area contributed by atoms with Crippen LogP contribution in [0.4, 0.5) is 5.82 Å². The third kappa shape index (κ3) is 2.88. The number of amides is 1. The van der Waals surface area contributed by atoms with Gasteiger partial charge in [-0.2, -0.15) is 8.75 Å². The summed E-state index contributed by atoms with van der Waals surface area (Å²) in [4.78, 5) is 14.2. The predicted molar refractivity (Wildman–Crippen MR) is 75.2 cm³/mol. The summed E-state index contributed by atoms with van der Waals surface area (Å²) in [5, 5.41) is 3.12. The van der Waals surface area contributed by atoms with Crippen molar-refractivity contribution in [2.24, 2.45) is 11.3 Å². The van der Waals surface area contributed by atoms with E-state index in [9.17, 15) is 4.79 Å². The highest BCUT2D eigenvalue weighted by molar-refractivity contribution is 6.99. The van der Waals surface area contributed by atoms with Crippen molar-refractivity contribution >= 4 is 23.5 Å². The number of anilines is 1. The molecule has 3 rings (SSSR count). The molecule has 1 aromatic rings. The van der Waals surface area contributed by atoms with E-state index in [4.69, 9.17) is 0 Å². The van der Waals surface area contributed by atoms with Gasteiger partial charge in [-0.1, -0.05) is 6.92 Å². The lowest BCUT2D eigenvalue weighted by Crippen LogP contribution is -2.40. The summed E-state index contributed by atoms with van der Waals surface area (Å²) >= 11 is 1.26. The Hall–Kier alpha value is -1.17. The molecule has 1 saturated heterocycles. The Labute approximate surface area is 117 Å². The SMILES string of the molecule is CC1(C(=O)NCC2CCN(c3cnsn3)CC2)CC1. The van der Waals surface area contributed by atoms with Crippen molar-refractivity contribution in [2.45, 2.75) is 32.6 Å². The van der Waals surface area contributed by atoms with E-state index in [2.05, 4.69) is 25.9 Å². The molecule has 5 nitrogen and oxygen atoms in total. The fourth-order valence-corrected chi connectivity index (χ4v) is 2.97. The number of carbonyl (C=O) groups excluding carboxylic acids is 1. The molecule has 19 heavy (non-hydrogen) atoms. The summed E-state index contributed by atoms with van der Waals surface area (Å²) in [6.45, 7) is 4.92. The zero-order valence-corrected chi connectivity index (χ0v) is 12.1. The van der Waals surface area contributed by atoms with Crippen LogP contribution in [-0.2, 0) is 4.79 Å². The van der Waals surface area contributed by atoms with E-state index in [-0.39, 0.29) is 11.3 Å². The summed E-state index contributed by atoms with van der Waals surface area (Å²) in [6, 6.07) is 0. The fraction of sp³-hybridized carbons (Fsp3) is 0.769. The fourth-order valence-electron chi connectivity index (χ4n) is 2.53. The molecule has 2 heterocycles. The molecule has 1 N–H and O–H groups in total. The Morgan fingerprint density at radius 1 is 1.53 bits per heavy atom. The third-order valence-electron chi connectivity index (χ3n) is 4.39. The molecule has 1 aliphatic heterocycles. The Morgan fingerprint density at radius 3 is 2.84 bits per heavy atom. The topological polar surface area (TPSA) is 58.1 Å². The zero-order chi connectivity index (χ0) is 13.3. The van der Waals surface area contributed by atoms with Crippen LogP contribution in [0.3, 0.4) is 0 Å². The first-order valence-electron chi connectivity index (χ1n) is 6.98. The Balaban J connectivity index is 1.42. The second-order valence-electron chi connectivity index (χ2n) is 5.97. The Bertz CT molecular complexity index is 436. The van der Waals surface area contributed by atoms with Gasteiger partial charge in [-0.3, -0.25) is 4.79 Å². The molecule has 2 aliphatic rings. The van der Waals surface area contributed by atoms with Gasteiger partial charge in [-0.25, -0.2) is 0 Å². The molecular weight excluding hydrogens is 260 g/mol. The molecule has 1 aromatic heterocycles. The van der Waals surface area contributed by atoms with E-state index in [0.717, 1.165) is 51.1 Å². The molecule has 2 fully saturated rings. The molecule has 1 aliphatic carbocycles. The van der Waals surface area contributed by atoms with Gasteiger partial charge in [-0.05, 0) is 31.6 Å². The summed E-state index contributed by atoms with van der Waals surface area (Å²) in [6.07, 6.45) is 6.17. The van der Waals surface area contributed by atoms with E-state index in [1.807, 2.05) is 6.20 Å². The summed E-state index contributed by atoms with van der Waals surface area (Å²) < 4.78 is 8.31. The van der Waals surface area contributed by atoms with Crippen molar-refractivity contribution in [1.29, 1.82) is 0 Å². The van der Waals surface area contributed by atoms with Crippen molar-refractivity contribution in [3.63, 3.8) is 0 Å². The standard InChI is InChI=1S/C13H20N4OS/c1-13(4-5-13)12(18)14-8-10-2-6-17(7-3-10)11-9-15-19-16-11/h9-10H,2-8H2,1H3,(H,14,18). The van der Waals surface area contributed by atoms with E-state index in [0.29, 0.717) is 5.92 Å². The molecule has 0 unspecified atom stereocenters. The normalized spacial score (nSPS) is 22.3. The second kappa shape index (κ2) is 5.07. The van der Waals surface area contributed by atoms with Crippen molar-refractivity contribution in [1.82, 2.24) is 14.1 Å². The number of aromatic nitrogens is 2. The monoisotopic (exact) mass is 280 g/mol. The molecular formula is C13H20N4OS. The van der Waals surface area contributed by atoms with Crippen LogP contribution in [0, 0.1) is 11.3 Å². The van der Waals surface area contributed by atoms with Gasteiger partial charge >= 0.3 is 0 Å². The molecule has 0 radical (unpaired) electrons. The molecule has 1 amide bonds. The van der Waals surface area contributed by atoms with Crippen LogP contribution in [0.5, 0.6) is 0 Å². The van der Waals surface area contributed by atoms with Gasteiger partial charge in [0.1, 0.15) is 0 Å². The maximum Gasteiger partial charge on any atom is 0.225 e. The third-order valence-corrected chi connectivity index (χ3v) is 4.86. The minimum Gasteiger partial charge on any atom is -0.355 e. The smallest absolute Gasteiger partial charge is 0.225 e. The molecule has 1 saturated carbocycles. The maximum absolute atomic E-state index is 11.9. The average Bonchev–Trinajstić information content (AvgIpc) is 2.97. The van der Waals surface area contributed by atoms with Crippen LogP contribution in [0.2, 0.25) is 0 Å². The number of hydrogen-bond donors (Lipinski definition) is 1. The van der Waals surface area contributed by atoms with E-state index in [1.54, 1.807) is 0 Å². The summed E-state index contributed by atoms with van der Waals surface area (Å²) in [5.41, 5.74) is -0.0486. The minimum atomic E-state index is -0.0486. The van der Waals surface area contributed by atoms with Crippen molar-refractivity contribution in [3.8, 4) is 0 Å². The van der Waals surface area contributed by atoms with Crippen LogP contribution in [-0.4, -0.2) is 34.3 Å². The van der Waals surface area contributed by atoms with Gasteiger partial charge in [0, 0.05) is 25.0 Å². The number of hydrogen-bond acceptors (Lipinski definition) is 5. The number of rotatable bonds is 4. The highest BCUT2D eigenvalue weighted by Gasteiger charge is 2.44. The van der Waals surface area contributed by atoms with E-state index < -0.39 is 0 Å². The first kappa shape index (κ1) is 12.8. The van der Waals surface area contributed by atoms with Gasteiger partial charge in [0.05, 0.1) is 17.9 Å². The first-order chi connectivity index (χ1) is 9.17. The van der Waals surface area contributed by atoms with Crippen molar-refractivity contribution < 1.29 is 4.79 Å². The number of piperidine rings is 1. The van der Waals surface area contributed by atoms with Gasteiger partial charge in [0.15, 0.2) is 5.82 Å². The maximum atomic E-state index is 11.9. The predicted octanol–water partition coefficient (Wildman–Crippen LogP) is 1.67. The van der Waals surface area contributed by atoms with Gasteiger partial charge in [0.25, 0.3) is 0 Å². The second-order valence-corrected chi connectivity index (χ2v) is 6.52. The molecule has 6 heteroatoms. The van der Waals surface area contributed by atoms with Crippen LogP contribution in [0.15, 0.2) is 6.20 Å². The molecule has 0 atom stereocenters. The quantitative estimate of drug-likeness (QED) is 0.911. The molecule has 104 valence electrons. The van der Waals surface area contributed by atoms with Gasteiger partial charge in [-0.15, -0.1) is 0 Å². The number of nitrogens with zero attached hydrogens (tertiary/aromatic N) is 3. The summed E-state index contributed by atoms with van der Waals surface area (Å²) in [5.74, 6) is 1.85. The van der Waals surface area contributed by atoms with E-state index >= 15 is 0 Å². The Kier molecular flexibility index (Phi) is 3.43. The van der Waals surface area contributed by atoms with E-state index in [1.165, 1.54) is 11.7 Å². The molecule has 0 aromatic carbocycles. The zero-order valence-electron chi connectivity index (χ0n) is 11.3. The lowest BCUT2D eigenvalue weighted by molar-refractivity contribution is -0.125. The van der Waals surface area contributed by atoms with Crippen LogP contribution >= 0.6 is 11.7 Å². The van der Waals surface area contributed by atoms with Gasteiger partial charge in [0.2, 0.25) is 5.91 Å².